The molecule has 0 saturated heterocycles. The van der Waals surface area contributed by atoms with Gasteiger partial charge in [0.1, 0.15) is 0 Å². The number of anilines is 1. The van der Waals surface area contributed by atoms with Crippen LogP contribution in [0, 0.1) is 12.8 Å². The van der Waals surface area contributed by atoms with E-state index in [0.717, 1.165) is 0 Å². The molecule has 0 aliphatic rings. The zero-order valence-corrected chi connectivity index (χ0v) is 10.7. The van der Waals surface area contributed by atoms with E-state index in [9.17, 15) is 0 Å². The molecule has 16 heavy (non-hydrogen) atoms. The maximum absolute atomic E-state index is 5.85. The molecule has 0 spiro atoms. The maximum Gasteiger partial charge on any atom is 0.0411 e. The average molecular weight is 220 g/mol. The minimum absolute atomic E-state index is 0.386. The second-order valence-corrected chi connectivity index (χ2v) is 4.43. The monoisotopic (exact) mass is 220 g/mol. The highest BCUT2D eigenvalue weighted by Gasteiger charge is 2.16. The van der Waals surface area contributed by atoms with Crippen molar-refractivity contribution in [2.24, 2.45) is 11.7 Å². The van der Waals surface area contributed by atoms with Gasteiger partial charge in [0.25, 0.3) is 0 Å². The van der Waals surface area contributed by atoms with Crippen LogP contribution in [0.2, 0.25) is 0 Å². The predicted molar refractivity (Wildman–Crippen MR) is 71.7 cm³/mol. The third-order valence-corrected chi connectivity index (χ3v) is 3.24. The molecule has 0 radical (unpaired) electrons. The van der Waals surface area contributed by atoms with Crippen molar-refractivity contribution in [2.75, 3.05) is 11.9 Å². The molecule has 0 bridgehead atoms. The number of aryl methyl sites for hydroxylation is 1. The first-order valence-electron chi connectivity index (χ1n) is 6.24. The molecule has 1 rings (SSSR count). The number of benzene rings is 1. The molecular formula is C14H24N2. The van der Waals surface area contributed by atoms with Gasteiger partial charge in [-0.3, -0.25) is 0 Å². The van der Waals surface area contributed by atoms with Crippen molar-refractivity contribution in [1.82, 2.24) is 0 Å². The summed E-state index contributed by atoms with van der Waals surface area (Å²) in [6.45, 7) is 7.27. The lowest BCUT2D eigenvalue weighted by molar-refractivity contribution is 0.422. The first-order chi connectivity index (χ1) is 7.71. The molecule has 0 amide bonds. The van der Waals surface area contributed by atoms with Crippen LogP contribution in [0.15, 0.2) is 24.3 Å². The van der Waals surface area contributed by atoms with Crippen molar-refractivity contribution in [3.8, 4) is 0 Å². The van der Waals surface area contributed by atoms with Gasteiger partial charge >= 0.3 is 0 Å². The Morgan fingerprint density at radius 3 is 2.44 bits per heavy atom. The van der Waals surface area contributed by atoms with Gasteiger partial charge in [-0.15, -0.1) is 0 Å². The smallest absolute Gasteiger partial charge is 0.0411 e. The molecule has 1 unspecified atom stereocenters. The molecule has 3 N–H and O–H groups in total. The highest BCUT2D eigenvalue weighted by atomic mass is 14.9. The molecule has 90 valence electrons. The number of nitrogens with two attached hydrogens (primary N) is 1. The number of rotatable bonds is 6. The van der Waals surface area contributed by atoms with E-state index in [1.54, 1.807) is 0 Å². The fourth-order valence-corrected chi connectivity index (χ4v) is 2.18. The normalized spacial score (nSPS) is 12.8. The summed E-state index contributed by atoms with van der Waals surface area (Å²) >= 11 is 0. The Kier molecular flexibility index (Phi) is 5.33. The summed E-state index contributed by atoms with van der Waals surface area (Å²) < 4.78 is 0. The lowest BCUT2D eigenvalue weighted by Gasteiger charge is -2.26. The summed E-state index contributed by atoms with van der Waals surface area (Å²) in [4.78, 5) is 0. The van der Waals surface area contributed by atoms with Crippen molar-refractivity contribution < 1.29 is 0 Å². The van der Waals surface area contributed by atoms with E-state index >= 15 is 0 Å². The summed E-state index contributed by atoms with van der Waals surface area (Å²) in [7, 11) is 0. The second-order valence-electron chi connectivity index (χ2n) is 4.43. The van der Waals surface area contributed by atoms with Crippen molar-refractivity contribution in [3.63, 3.8) is 0 Å². The van der Waals surface area contributed by atoms with E-state index in [1.807, 2.05) is 0 Å². The van der Waals surface area contributed by atoms with E-state index in [4.69, 9.17) is 5.73 Å². The molecule has 1 atom stereocenters. The summed E-state index contributed by atoms with van der Waals surface area (Å²) in [6, 6.07) is 8.86. The van der Waals surface area contributed by atoms with Crippen LogP contribution in [-0.2, 0) is 0 Å². The fourth-order valence-electron chi connectivity index (χ4n) is 2.18. The van der Waals surface area contributed by atoms with Crippen molar-refractivity contribution in [3.05, 3.63) is 29.8 Å². The van der Waals surface area contributed by atoms with Crippen LogP contribution in [0.25, 0.3) is 0 Å². The predicted octanol–water partition coefficient (Wildman–Crippen LogP) is 3.17. The van der Waals surface area contributed by atoms with Gasteiger partial charge in [0.15, 0.2) is 0 Å². The first kappa shape index (κ1) is 13.0. The van der Waals surface area contributed by atoms with E-state index < -0.39 is 0 Å². The third kappa shape index (κ3) is 3.53. The van der Waals surface area contributed by atoms with E-state index in [2.05, 4.69) is 50.4 Å². The Hall–Kier alpha value is -1.02. The second kappa shape index (κ2) is 6.54. The van der Waals surface area contributed by atoms with Crippen LogP contribution in [0.5, 0.6) is 0 Å². The molecule has 0 aliphatic carbocycles. The molecule has 0 heterocycles. The molecule has 2 heteroatoms. The van der Waals surface area contributed by atoms with E-state index in [-0.39, 0.29) is 0 Å². The maximum atomic E-state index is 5.85. The molecular weight excluding hydrogens is 196 g/mol. The quantitative estimate of drug-likeness (QED) is 0.772. The van der Waals surface area contributed by atoms with Crippen LogP contribution in [-0.4, -0.2) is 12.6 Å². The van der Waals surface area contributed by atoms with Crippen molar-refractivity contribution in [1.29, 1.82) is 0 Å². The number of hydrogen-bond donors (Lipinski definition) is 2. The highest BCUT2D eigenvalue weighted by molar-refractivity contribution is 5.46. The van der Waals surface area contributed by atoms with Gasteiger partial charge in [0.05, 0.1) is 0 Å². The standard InChI is InChI=1S/C14H24N2/c1-4-12(5-2)14(10-15)16-13-8-6-7-11(3)9-13/h6-9,12,14,16H,4-5,10,15H2,1-3H3. The van der Waals surface area contributed by atoms with Crippen molar-refractivity contribution in [2.45, 2.75) is 39.7 Å². The Balaban J connectivity index is 2.69. The first-order valence-corrected chi connectivity index (χ1v) is 6.24. The highest BCUT2D eigenvalue weighted by Crippen LogP contribution is 2.18. The van der Waals surface area contributed by atoms with Crippen LogP contribution >= 0.6 is 0 Å². The lowest BCUT2D eigenvalue weighted by atomic mass is 9.94. The average Bonchev–Trinajstić information content (AvgIpc) is 2.29. The third-order valence-electron chi connectivity index (χ3n) is 3.24. The van der Waals surface area contributed by atoms with Gasteiger partial charge in [-0.25, -0.2) is 0 Å². The minimum Gasteiger partial charge on any atom is -0.381 e. The Bertz CT molecular complexity index is 305. The zero-order chi connectivity index (χ0) is 12.0. The van der Waals surface area contributed by atoms with Gasteiger partial charge in [-0.1, -0.05) is 38.8 Å². The van der Waals surface area contributed by atoms with E-state index in [1.165, 1.54) is 24.1 Å². The topological polar surface area (TPSA) is 38.0 Å². The number of hydrogen-bond acceptors (Lipinski definition) is 2. The SMILES string of the molecule is CCC(CC)C(CN)Nc1cccc(C)c1. The Morgan fingerprint density at radius 2 is 1.94 bits per heavy atom. The molecule has 2 nitrogen and oxygen atoms in total. The van der Waals surface area contributed by atoms with Crippen LogP contribution in [0.4, 0.5) is 5.69 Å². The zero-order valence-electron chi connectivity index (χ0n) is 10.7. The van der Waals surface area contributed by atoms with Gasteiger partial charge in [-0.05, 0) is 30.5 Å². The summed E-state index contributed by atoms with van der Waals surface area (Å²) in [6.07, 6.45) is 2.36. The summed E-state index contributed by atoms with van der Waals surface area (Å²) in [5.74, 6) is 0.658. The minimum atomic E-state index is 0.386. The Morgan fingerprint density at radius 1 is 1.25 bits per heavy atom. The van der Waals surface area contributed by atoms with Gasteiger partial charge in [-0.2, -0.15) is 0 Å². The van der Waals surface area contributed by atoms with Crippen molar-refractivity contribution >= 4 is 5.69 Å². The summed E-state index contributed by atoms with van der Waals surface area (Å²) in [5, 5.41) is 3.55. The molecule has 0 aromatic heterocycles. The molecule has 0 aliphatic heterocycles. The number of nitrogens with one attached hydrogen (secondary N) is 1. The van der Waals surface area contributed by atoms with Gasteiger partial charge in [0, 0.05) is 18.3 Å². The molecule has 0 saturated carbocycles. The lowest BCUT2D eigenvalue weighted by Crippen LogP contribution is -2.35. The fraction of sp³-hybridized carbons (Fsp3) is 0.571. The molecule has 1 aromatic rings. The van der Waals surface area contributed by atoms with Crippen LogP contribution in [0.1, 0.15) is 32.3 Å². The van der Waals surface area contributed by atoms with Gasteiger partial charge in [0.2, 0.25) is 0 Å². The molecule has 1 aromatic carbocycles. The summed E-state index contributed by atoms with van der Waals surface area (Å²) in [5.41, 5.74) is 8.31. The largest absolute Gasteiger partial charge is 0.381 e. The van der Waals surface area contributed by atoms with Crippen LogP contribution < -0.4 is 11.1 Å². The Labute approximate surface area is 99.2 Å². The van der Waals surface area contributed by atoms with Crippen LogP contribution in [0.3, 0.4) is 0 Å². The van der Waals surface area contributed by atoms with Gasteiger partial charge < -0.3 is 11.1 Å². The molecule has 0 fully saturated rings. The van der Waals surface area contributed by atoms with E-state index in [0.29, 0.717) is 18.5 Å².